The van der Waals surface area contributed by atoms with E-state index in [9.17, 15) is 4.79 Å². The fourth-order valence-corrected chi connectivity index (χ4v) is 1.83. The highest BCUT2D eigenvalue weighted by Gasteiger charge is 2.19. The number of halogens is 1. The molecule has 0 radical (unpaired) electrons. The predicted octanol–water partition coefficient (Wildman–Crippen LogP) is 2.43. The first-order valence-corrected chi connectivity index (χ1v) is 5.13. The zero-order chi connectivity index (χ0) is 10.1. The number of carbonyl (C=O) groups is 1. The van der Waals surface area contributed by atoms with E-state index in [1.54, 1.807) is 6.07 Å². The third-order valence-corrected chi connectivity index (χ3v) is 2.58. The van der Waals surface area contributed by atoms with Crippen molar-refractivity contribution in [1.82, 2.24) is 0 Å². The monoisotopic (exact) mass is 210 g/mol. The molecule has 2 nitrogen and oxygen atoms in total. The topological polar surface area (TPSA) is 26.3 Å². The van der Waals surface area contributed by atoms with Gasteiger partial charge < -0.3 is 4.74 Å². The minimum atomic E-state index is -0.0333. The Labute approximate surface area is 87.8 Å². The van der Waals surface area contributed by atoms with Crippen molar-refractivity contribution in [3.8, 4) is 5.75 Å². The van der Waals surface area contributed by atoms with Gasteiger partial charge in [-0.1, -0.05) is 0 Å². The normalized spacial score (nSPS) is 18.9. The summed E-state index contributed by atoms with van der Waals surface area (Å²) in [4.78, 5) is 11.3. The third-order valence-electron chi connectivity index (χ3n) is 2.34. The highest BCUT2D eigenvalue weighted by molar-refractivity contribution is 6.30. The summed E-state index contributed by atoms with van der Waals surface area (Å²) in [5.74, 6) is 0.896. The first-order valence-electron chi connectivity index (χ1n) is 4.59. The molecule has 0 saturated carbocycles. The van der Waals surface area contributed by atoms with Crippen molar-refractivity contribution in [3.63, 3.8) is 0 Å². The number of hydrogen-bond donors (Lipinski definition) is 0. The zero-order valence-corrected chi connectivity index (χ0v) is 8.67. The van der Waals surface area contributed by atoms with E-state index >= 15 is 0 Å². The third kappa shape index (κ3) is 1.62. The zero-order valence-electron chi connectivity index (χ0n) is 7.92. The Hall–Kier alpha value is -1.02. The molecule has 1 heterocycles. The van der Waals surface area contributed by atoms with Crippen molar-refractivity contribution in [1.29, 1.82) is 0 Å². The maximum Gasteiger partial charge on any atom is 0.177 e. The van der Waals surface area contributed by atoms with Crippen LogP contribution in [0.4, 0.5) is 0 Å². The van der Waals surface area contributed by atoms with Gasteiger partial charge in [0, 0.05) is 12.0 Å². The molecule has 1 aliphatic heterocycles. The lowest BCUT2D eigenvalue weighted by Crippen LogP contribution is -2.05. The lowest BCUT2D eigenvalue weighted by Gasteiger charge is -2.02. The Morgan fingerprint density at radius 3 is 3.14 bits per heavy atom. The smallest absolute Gasteiger partial charge is 0.177 e. The van der Waals surface area contributed by atoms with E-state index in [1.165, 1.54) is 0 Å². The van der Waals surface area contributed by atoms with E-state index in [1.807, 2.05) is 19.1 Å². The van der Waals surface area contributed by atoms with Crippen LogP contribution in [0.1, 0.15) is 22.8 Å². The first kappa shape index (κ1) is 9.53. The van der Waals surface area contributed by atoms with Crippen LogP contribution in [0.3, 0.4) is 0 Å². The summed E-state index contributed by atoms with van der Waals surface area (Å²) in [6.07, 6.45) is 1.09. The molecular formula is C11H11ClO2. The van der Waals surface area contributed by atoms with Crippen LogP contribution in [0.15, 0.2) is 18.2 Å². The van der Waals surface area contributed by atoms with E-state index in [4.69, 9.17) is 16.3 Å². The molecule has 0 amide bonds. The summed E-state index contributed by atoms with van der Waals surface area (Å²) in [7, 11) is 0. The number of alkyl halides is 1. The summed E-state index contributed by atoms with van der Waals surface area (Å²) in [5, 5.41) is 0. The molecule has 1 atom stereocenters. The molecule has 1 aromatic rings. The fourth-order valence-electron chi connectivity index (χ4n) is 1.67. The van der Waals surface area contributed by atoms with Crippen molar-refractivity contribution < 1.29 is 9.53 Å². The SMILES string of the molecule is C[C@H]1Cc2cc(C(=O)CCl)ccc2O1. The van der Waals surface area contributed by atoms with Gasteiger partial charge in [-0.15, -0.1) is 11.6 Å². The predicted molar refractivity (Wildman–Crippen MR) is 55.3 cm³/mol. The summed E-state index contributed by atoms with van der Waals surface area (Å²) in [6, 6.07) is 5.49. The van der Waals surface area contributed by atoms with Crippen molar-refractivity contribution in [3.05, 3.63) is 29.3 Å². The van der Waals surface area contributed by atoms with Gasteiger partial charge in [0.25, 0.3) is 0 Å². The number of Topliss-reactive ketones (excluding diaryl/α,β-unsaturated/α-hetero) is 1. The molecule has 0 bridgehead atoms. The second kappa shape index (κ2) is 3.62. The van der Waals surface area contributed by atoms with Crippen LogP contribution in [-0.2, 0) is 6.42 Å². The number of ether oxygens (including phenoxy) is 1. The van der Waals surface area contributed by atoms with Gasteiger partial charge in [0.05, 0.1) is 5.88 Å². The van der Waals surface area contributed by atoms with E-state index in [0.717, 1.165) is 17.7 Å². The van der Waals surface area contributed by atoms with Crippen molar-refractivity contribution in [2.24, 2.45) is 0 Å². The lowest BCUT2D eigenvalue weighted by atomic mass is 10.1. The number of hydrogen-bond acceptors (Lipinski definition) is 2. The van der Waals surface area contributed by atoms with Crippen LogP contribution >= 0.6 is 11.6 Å². The molecule has 1 aliphatic rings. The maximum absolute atomic E-state index is 11.3. The Kier molecular flexibility index (Phi) is 2.46. The minimum Gasteiger partial charge on any atom is -0.490 e. The molecule has 0 aliphatic carbocycles. The van der Waals surface area contributed by atoms with Crippen LogP contribution in [0, 0.1) is 0 Å². The Morgan fingerprint density at radius 1 is 1.64 bits per heavy atom. The molecule has 0 fully saturated rings. The number of carbonyl (C=O) groups excluding carboxylic acids is 1. The minimum absolute atomic E-state index is 0.0333. The summed E-state index contributed by atoms with van der Waals surface area (Å²) in [6.45, 7) is 2.02. The van der Waals surface area contributed by atoms with Gasteiger partial charge in [0.1, 0.15) is 11.9 Å². The molecule has 0 N–H and O–H groups in total. The molecular weight excluding hydrogens is 200 g/mol. The van der Waals surface area contributed by atoms with Gasteiger partial charge in [0.2, 0.25) is 0 Å². The molecule has 74 valence electrons. The highest BCUT2D eigenvalue weighted by Crippen LogP contribution is 2.29. The van der Waals surface area contributed by atoms with E-state index < -0.39 is 0 Å². The van der Waals surface area contributed by atoms with Crippen molar-refractivity contribution in [2.75, 3.05) is 5.88 Å². The molecule has 0 spiro atoms. The van der Waals surface area contributed by atoms with Gasteiger partial charge >= 0.3 is 0 Å². The molecule has 3 heteroatoms. The number of benzene rings is 1. The standard InChI is InChI=1S/C11H11ClO2/c1-7-4-9-5-8(10(13)6-12)2-3-11(9)14-7/h2-3,5,7H,4,6H2,1H3/t7-/m0/s1. The number of fused-ring (bicyclic) bond motifs is 1. The Balaban J connectivity index is 2.33. The van der Waals surface area contributed by atoms with E-state index in [2.05, 4.69) is 0 Å². The van der Waals surface area contributed by atoms with E-state index in [-0.39, 0.29) is 17.8 Å². The average molecular weight is 211 g/mol. The average Bonchev–Trinajstić information content (AvgIpc) is 2.55. The van der Waals surface area contributed by atoms with Crippen LogP contribution in [0.25, 0.3) is 0 Å². The molecule has 0 aromatic heterocycles. The fraction of sp³-hybridized carbons (Fsp3) is 0.364. The van der Waals surface area contributed by atoms with Crippen molar-refractivity contribution in [2.45, 2.75) is 19.4 Å². The van der Waals surface area contributed by atoms with Gasteiger partial charge in [-0.3, -0.25) is 4.79 Å². The van der Waals surface area contributed by atoms with E-state index in [0.29, 0.717) is 5.56 Å². The molecule has 1 aromatic carbocycles. The second-order valence-corrected chi connectivity index (χ2v) is 3.78. The Bertz CT molecular complexity index is 374. The second-order valence-electron chi connectivity index (χ2n) is 3.51. The summed E-state index contributed by atoms with van der Waals surface area (Å²) >= 11 is 5.49. The molecule has 0 saturated heterocycles. The van der Waals surface area contributed by atoms with Crippen molar-refractivity contribution >= 4 is 17.4 Å². The Morgan fingerprint density at radius 2 is 2.43 bits per heavy atom. The maximum atomic E-state index is 11.3. The van der Waals surface area contributed by atoms with Crippen LogP contribution in [-0.4, -0.2) is 17.8 Å². The quantitative estimate of drug-likeness (QED) is 0.554. The highest BCUT2D eigenvalue weighted by atomic mass is 35.5. The molecule has 14 heavy (non-hydrogen) atoms. The van der Waals surface area contributed by atoms with Gasteiger partial charge in [0.15, 0.2) is 5.78 Å². The van der Waals surface area contributed by atoms with Crippen LogP contribution in [0.5, 0.6) is 5.75 Å². The number of ketones is 1. The van der Waals surface area contributed by atoms with Crippen LogP contribution < -0.4 is 4.74 Å². The summed E-state index contributed by atoms with van der Waals surface area (Å²) < 4.78 is 5.53. The first-order chi connectivity index (χ1) is 6.70. The largest absolute Gasteiger partial charge is 0.490 e. The summed E-state index contributed by atoms with van der Waals surface area (Å²) in [5.41, 5.74) is 1.78. The van der Waals surface area contributed by atoms with Crippen LogP contribution in [0.2, 0.25) is 0 Å². The number of rotatable bonds is 2. The van der Waals surface area contributed by atoms with Gasteiger partial charge in [-0.25, -0.2) is 0 Å². The van der Waals surface area contributed by atoms with Gasteiger partial charge in [-0.2, -0.15) is 0 Å². The lowest BCUT2D eigenvalue weighted by molar-refractivity contribution is 0.102. The van der Waals surface area contributed by atoms with Gasteiger partial charge in [-0.05, 0) is 30.7 Å². The molecule has 0 unspecified atom stereocenters. The molecule has 2 rings (SSSR count).